The van der Waals surface area contributed by atoms with Gasteiger partial charge in [0, 0.05) is 4.90 Å². The summed E-state index contributed by atoms with van der Waals surface area (Å²) in [5, 5.41) is 3.39. The second-order valence-corrected chi connectivity index (χ2v) is 5.43. The molecule has 2 aromatic carbocycles. The van der Waals surface area contributed by atoms with Crippen LogP contribution in [0.5, 0.6) is 11.5 Å². The highest BCUT2D eigenvalue weighted by molar-refractivity contribution is 7.98. The van der Waals surface area contributed by atoms with Gasteiger partial charge in [0.05, 0.1) is 20.3 Å². The van der Waals surface area contributed by atoms with Crippen LogP contribution in [-0.4, -0.2) is 27.5 Å². The highest BCUT2D eigenvalue weighted by Gasteiger charge is 2.17. The maximum atomic E-state index is 5.41. The second kappa shape index (κ2) is 7.38. The van der Waals surface area contributed by atoms with Crippen LogP contribution in [0.2, 0.25) is 0 Å². The third kappa shape index (κ3) is 3.34. The van der Waals surface area contributed by atoms with Gasteiger partial charge < -0.3 is 14.8 Å². The summed E-state index contributed by atoms with van der Waals surface area (Å²) in [6.45, 7) is 0. The van der Waals surface area contributed by atoms with E-state index in [1.54, 1.807) is 26.0 Å². The van der Waals surface area contributed by atoms with Crippen molar-refractivity contribution in [3.8, 4) is 11.5 Å². The fraction of sp³-hybridized carbons (Fsp3) is 0.294. The highest BCUT2D eigenvalue weighted by Crippen LogP contribution is 2.34. The molecule has 0 radical (unpaired) electrons. The zero-order valence-electron chi connectivity index (χ0n) is 12.8. The summed E-state index contributed by atoms with van der Waals surface area (Å²) in [6.07, 6.45) is 2.10. The van der Waals surface area contributed by atoms with E-state index >= 15 is 0 Å². The smallest absolute Gasteiger partial charge is 0.161 e. The molecule has 1 N–H and O–H groups in total. The van der Waals surface area contributed by atoms with Gasteiger partial charge in [-0.1, -0.05) is 24.3 Å². The van der Waals surface area contributed by atoms with Gasteiger partial charge in [-0.15, -0.1) is 11.8 Å². The van der Waals surface area contributed by atoms with E-state index in [1.165, 1.54) is 10.5 Å². The van der Waals surface area contributed by atoms with Gasteiger partial charge in [-0.05, 0) is 42.6 Å². The summed E-state index contributed by atoms with van der Waals surface area (Å²) in [6, 6.07) is 14.6. The van der Waals surface area contributed by atoms with E-state index in [2.05, 4.69) is 41.9 Å². The van der Waals surface area contributed by atoms with Crippen LogP contribution in [-0.2, 0) is 0 Å². The van der Waals surface area contributed by atoms with Gasteiger partial charge >= 0.3 is 0 Å². The van der Waals surface area contributed by atoms with Gasteiger partial charge in [0.25, 0.3) is 0 Å². The van der Waals surface area contributed by atoms with Crippen LogP contribution in [0.4, 0.5) is 0 Å². The van der Waals surface area contributed by atoms with Crippen molar-refractivity contribution < 1.29 is 9.47 Å². The molecule has 112 valence electrons. The van der Waals surface area contributed by atoms with E-state index in [0.29, 0.717) is 0 Å². The van der Waals surface area contributed by atoms with Crippen molar-refractivity contribution in [3.05, 3.63) is 53.6 Å². The topological polar surface area (TPSA) is 30.5 Å². The van der Waals surface area contributed by atoms with Crippen molar-refractivity contribution in [1.82, 2.24) is 5.32 Å². The first-order valence-corrected chi connectivity index (χ1v) is 7.99. The fourth-order valence-electron chi connectivity index (χ4n) is 2.44. The van der Waals surface area contributed by atoms with Crippen LogP contribution in [0.3, 0.4) is 0 Å². The molecule has 0 saturated carbocycles. The monoisotopic (exact) mass is 303 g/mol. The number of benzene rings is 2. The van der Waals surface area contributed by atoms with Crippen molar-refractivity contribution in [2.24, 2.45) is 0 Å². The van der Waals surface area contributed by atoms with Gasteiger partial charge in [0.1, 0.15) is 0 Å². The van der Waals surface area contributed by atoms with Crippen molar-refractivity contribution in [2.75, 3.05) is 27.5 Å². The lowest BCUT2D eigenvalue weighted by molar-refractivity contribution is 0.354. The standard InChI is InChI=1S/C17H21NO2S/c1-18-17(13-7-5-6-8-16(13)21-4)12-9-10-14(19-2)15(11-12)20-3/h5-11,17-18H,1-4H3. The number of hydrogen-bond acceptors (Lipinski definition) is 4. The Balaban J connectivity index is 2.46. The third-order valence-corrected chi connectivity index (χ3v) is 4.29. The maximum Gasteiger partial charge on any atom is 0.161 e. The Labute approximate surface area is 130 Å². The van der Waals surface area contributed by atoms with Gasteiger partial charge in [0.15, 0.2) is 11.5 Å². The molecule has 0 heterocycles. The predicted octanol–water partition coefficient (Wildman–Crippen LogP) is 3.73. The van der Waals surface area contributed by atoms with Crippen molar-refractivity contribution in [3.63, 3.8) is 0 Å². The summed E-state index contributed by atoms with van der Waals surface area (Å²) in [4.78, 5) is 1.27. The van der Waals surface area contributed by atoms with Crippen molar-refractivity contribution in [1.29, 1.82) is 0 Å². The first-order valence-electron chi connectivity index (χ1n) is 6.77. The van der Waals surface area contributed by atoms with Crippen LogP contribution in [0, 0.1) is 0 Å². The van der Waals surface area contributed by atoms with Crippen LogP contribution in [0.15, 0.2) is 47.4 Å². The van der Waals surface area contributed by atoms with Crippen LogP contribution < -0.4 is 14.8 Å². The predicted molar refractivity (Wildman–Crippen MR) is 88.7 cm³/mol. The molecular weight excluding hydrogens is 282 g/mol. The van der Waals surface area contributed by atoms with Crippen LogP contribution in [0.1, 0.15) is 17.2 Å². The average Bonchev–Trinajstić information content (AvgIpc) is 2.55. The molecule has 0 aliphatic carbocycles. The summed E-state index contributed by atoms with van der Waals surface area (Å²) in [5.41, 5.74) is 2.41. The molecule has 0 bridgehead atoms. The summed E-state index contributed by atoms with van der Waals surface area (Å²) in [5.74, 6) is 1.49. The molecule has 0 aliphatic heterocycles. The molecule has 4 heteroatoms. The Morgan fingerprint density at radius 1 is 1.00 bits per heavy atom. The van der Waals surface area contributed by atoms with Gasteiger partial charge in [-0.2, -0.15) is 0 Å². The normalized spacial score (nSPS) is 12.0. The first-order chi connectivity index (χ1) is 10.2. The summed E-state index contributed by atoms with van der Waals surface area (Å²) >= 11 is 1.76. The SMILES string of the molecule is CNC(c1ccc(OC)c(OC)c1)c1ccccc1SC. The Hall–Kier alpha value is -1.65. The molecule has 2 aromatic rings. The van der Waals surface area contributed by atoms with E-state index < -0.39 is 0 Å². The zero-order valence-corrected chi connectivity index (χ0v) is 13.7. The Morgan fingerprint density at radius 2 is 1.71 bits per heavy atom. The van der Waals surface area contributed by atoms with Crippen molar-refractivity contribution >= 4 is 11.8 Å². The van der Waals surface area contributed by atoms with E-state index in [0.717, 1.165) is 17.1 Å². The number of nitrogens with one attached hydrogen (secondary N) is 1. The molecule has 0 spiro atoms. The van der Waals surface area contributed by atoms with E-state index in [1.807, 2.05) is 19.2 Å². The quantitative estimate of drug-likeness (QED) is 0.824. The molecule has 3 nitrogen and oxygen atoms in total. The minimum absolute atomic E-state index is 0.119. The lowest BCUT2D eigenvalue weighted by Gasteiger charge is -2.21. The molecule has 1 unspecified atom stereocenters. The minimum atomic E-state index is 0.119. The highest BCUT2D eigenvalue weighted by atomic mass is 32.2. The number of rotatable bonds is 6. The molecular formula is C17H21NO2S. The van der Waals surface area contributed by atoms with Gasteiger partial charge in [-0.3, -0.25) is 0 Å². The molecule has 0 fully saturated rings. The Bertz CT molecular complexity index is 601. The Morgan fingerprint density at radius 3 is 2.33 bits per heavy atom. The minimum Gasteiger partial charge on any atom is -0.493 e. The van der Waals surface area contributed by atoms with E-state index in [9.17, 15) is 0 Å². The second-order valence-electron chi connectivity index (χ2n) is 4.58. The molecule has 2 rings (SSSR count). The van der Waals surface area contributed by atoms with Crippen LogP contribution in [0.25, 0.3) is 0 Å². The lowest BCUT2D eigenvalue weighted by atomic mass is 9.98. The lowest BCUT2D eigenvalue weighted by Crippen LogP contribution is -2.18. The summed E-state index contributed by atoms with van der Waals surface area (Å²) in [7, 11) is 5.28. The van der Waals surface area contributed by atoms with Gasteiger partial charge in [0.2, 0.25) is 0 Å². The molecule has 0 aromatic heterocycles. The number of methoxy groups -OCH3 is 2. The fourth-order valence-corrected chi connectivity index (χ4v) is 3.08. The van der Waals surface area contributed by atoms with Gasteiger partial charge in [-0.25, -0.2) is 0 Å². The molecule has 1 atom stereocenters. The largest absolute Gasteiger partial charge is 0.493 e. The number of ether oxygens (including phenoxy) is 2. The number of thioether (sulfide) groups is 1. The first kappa shape index (κ1) is 15.7. The maximum absolute atomic E-state index is 5.41. The Kier molecular flexibility index (Phi) is 5.53. The summed E-state index contributed by atoms with van der Waals surface area (Å²) < 4.78 is 10.7. The van der Waals surface area contributed by atoms with Crippen LogP contribution >= 0.6 is 11.8 Å². The number of hydrogen-bond donors (Lipinski definition) is 1. The zero-order chi connectivity index (χ0) is 15.2. The van der Waals surface area contributed by atoms with Crippen molar-refractivity contribution in [2.45, 2.75) is 10.9 Å². The molecule has 0 saturated heterocycles. The third-order valence-electron chi connectivity index (χ3n) is 3.48. The van der Waals surface area contributed by atoms with E-state index in [-0.39, 0.29) is 6.04 Å². The molecule has 21 heavy (non-hydrogen) atoms. The molecule has 0 amide bonds. The molecule has 0 aliphatic rings. The van der Waals surface area contributed by atoms with E-state index in [4.69, 9.17) is 9.47 Å². The average molecular weight is 303 g/mol.